The number of pyridine rings is 1. The van der Waals surface area contributed by atoms with Gasteiger partial charge in [0.15, 0.2) is 0 Å². The minimum atomic E-state index is 0.573. The van der Waals surface area contributed by atoms with Crippen molar-refractivity contribution < 1.29 is 4.74 Å². The van der Waals surface area contributed by atoms with E-state index in [2.05, 4.69) is 30.5 Å². The van der Waals surface area contributed by atoms with Gasteiger partial charge in [-0.1, -0.05) is 6.07 Å². The molecule has 0 amide bonds. The highest BCUT2D eigenvalue weighted by molar-refractivity contribution is 5.67. The molecule has 2 N–H and O–H groups in total. The van der Waals surface area contributed by atoms with Crippen molar-refractivity contribution in [3.05, 3.63) is 54.9 Å². The highest BCUT2D eigenvalue weighted by atomic mass is 16.5. The Labute approximate surface area is 159 Å². The normalized spacial score (nSPS) is 10.7. The van der Waals surface area contributed by atoms with Crippen LogP contribution in [-0.2, 0) is 0 Å². The van der Waals surface area contributed by atoms with E-state index in [1.807, 2.05) is 56.6 Å². The van der Waals surface area contributed by atoms with Gasteiger partial charge >= 0.3 is 0 Å². The monoisotopic (exact) mass is 364 g/mol. The van der Waals surface area contributed by atoms with Crippen LogP contribution in [0.25, 0.3) is 11.3 Å². The second kappa shape index (κ2) is 8.95. The van der Waals surface area contributed by atoms with Crippen molar-refractivity contribution >= 4 is 17.5 Å². The average molecular weight is 364 g/mol. The van der Waals surface area contributed by atoms with Crippen LogP contribution in [-0.4, -0.2) is 54.1 Å². The molecule has 0 aliphatic rings. The summed E-state index contributed by atoms with van der Waals surface area (Å²) in [5.41, 5.74) is 2.63. The Hall–Kier alpha value is -3.19. The van der Waals surface area contributed by atoms with E-state index in [0.717, 1.165) is 35.8 Å². The lowest BCUT2D eigenvalue weighted by molar-refractivity contribution is 0.415. The molecule has 2 heterocycles. The van der Waals surface area contributed by atoms with Gasteiger partial charge in [-0.3, -0.25) is 4.98 Å². The van der Waals surface area contributed by atoms with Crippen LogP contribution in [0.4, 0.5) is 17.5 Å². The highest BCUT2D eigenvalue weighted by Gasteiger charge is 2.08. The minimum absolute atomic E-state index is 0.573. The summed E-state index contributed by atoms with van der Waals surface area (Å²) in [6.07, 6.45) is 3.54. The van der Waals surface area contributed by atoms with E-state index < -0.39 is 0 Å². The van der Waals surface area contributed by atoms with Crippen molar-refractivity contribution in [1.82, 2.24) is 19.9 Å². The molecule has 3 aromatic rings. The first-order chi connectivity index (χ1) is 13.1. The molecule has 2 aromatic heterocycles. The van der Waals surface area contributed by atoms with E-state index in [4.69, 9.17) is 4.74 Å². The molecule has 0 bridgehead atoms. The number of aromatic nitrogens is 3. The summed E-state index contributed by atoms with van der Waals surface area (Å²) < 4.78 is 5.29. The first-order valence-corrected chi connectivity index (χ1v) is 8.73. The van der Waals surface area contributed by atoms with Gasteiger partial charge in [-0.25, -0.2) is 4.98 Å². The number of benzene rings is 1. The predicted octanol–water partition coefficient (Wildman–Crippen LogP) is 3.26. The smallest absolute Gasteiger partial charge is 0.225 e. The number of anilines is 3. The Morgan fingerprint density at radius 3 is 2.70 bits per heavy atom. The van der Waals surface area contributed by atoms with Crippen molar-refractivity contribution in [2.45, 2.75) is 0 Å². The zero-order chi connectivity index (χ0) is 19.1. The van der Waals surface area contributed by atoms with Crippen molar-refractivity contribution in [3.8, 4) is 17.0 Å². The summed E-state index contributed by atoms with van der Waals surface area (Å²) >= 11 is 0. The Balaban J connectivity index is 1.88. The number of ether oxygens (including phenoxy) is 1. The fourth-order valence-electron chi connectivity index (χ4n) is 2.49. The summed E-state index contributed by atoms with van der Waals surface area (Å²) in [6.45, 7) is 1.64. The number of likely N-dealkylation sites (N-methyl/N-ethyl adjacent to an activating group) is 1. The standard InChI is InChI=1S/C20H24N6O/c1-26(2)11-10-22-20-24-18(15-6-5-9-21-14-15)13-19(25-20)23-16-7-4-8-17(12-16)27-3/h4-9,12-14H,10-11H2,1-3H3,(H2,22,23,24,25). The summed E-state index contributed by atoms with van der Waals surface area (Å²) in [5, 5.41) is 6.61. The van der Waals surface area contributed by atoms with Gasteiger partial charge < -0.3 is 20.3 Å². The minimum Gasteiger partial charge on any atom is -0.497 e. The zero-order valence-electron chi connectivity index (χ0n) is 15.8. The van der Waals surface area contributed by atoms with Crippen LogP contribution in [0.3, 0.4) is 0 Å². The molecule has 0 aliphatic carbocycles. The molecule has 0 aliphatic heterocycles. The first-order valence-electron chi connectivity index (χ1n) is 8.73. The lowest BCUT2D eigenvalue weighted by Gasteiger charge is -2.13. The summed E-state index contributed by atoms with van der Waals surface area (Å²) in [5.74, 6) is 2.05. The average Bonchev–Trinajstić information content (AvgIpc) is 2.68. The van der Waals surface area contributed by atoms with Crippen molar-refractivity contribution in [3.63, 3.8) is 0 Å². The van der Waals surface area contributed by atoms with Crippen LogP contribution in [0.1, 0.15) is 0 Å². The Kier molecular flexibility index (Phi) is 6.17. The molecule has 0 saturated heterocycles. The van der Waals surface area contributed by atoms with Crippen LogP contribution in [0, 0.1) is 0 Å². The second-order valence-electron chi connectivity index (χ2n) is 6.29. The number of hydrogen-bond donors (Lipinski definition) is 2. The molecule has 0 saturated carbocycles. The third-order valence-corrected chi connectivity index (χ3v) is 3.87. The van der Waals surface area contributed by atoms with Crippen LogP contribution in [0.2, 0.25) is 0 Å². The molecule has 0 atom stereocenters. The van der Waals surface area contributed by atoms with Crippen LogP contribution in [0.5, 0.6) is 5.75 Å². The molecular formula is C20H24N6O. The third kappa shape index (κ3) is 5.39. The Morgan fingerprint density at radius 2 is 1.96 bits per heavy atom. The number of nitrogens with zero attached hydrogens (tertiary/aromatic N) is 4. The van der Waals surface area contributed by atoms with Gasteiger partial charge in [0, 0.05) is 48.9 Å². The van der Waals surface area contributed by atoms with Gasteiger partial charge in [0.1, 0.15) is 11.6 Å². The van der Waals surface area contributed by atoms with E-state index >= 15 is 0 Å². The number of methoxy groups -OCH3 is 1. The van der Waals surface area contributed by atoms with Crippen LogP contribution >= 0.6 is 0 Å². The predicted molar refractivity (Wildman–Crippen MR) is 109 cm³/mol. The van der Waals surface area contributed by atoms with Crippen molar-refractivity contribution in [2.75, 3.05) is 44.9 Å². The zero-order valence-corrected chi connectivity index (χ0v) is 15.8. The number of hydrogen-bond acceptors (Lipinski definition) is 7. The third-order valence-electron chi connectivity index (χ3n) is 3.87. The fraction of sp³-hybridized carbons (Fsp3) is 0.250. The van der Waals surface area contributed by atoms with E-state index in [-0.39, 0.29) is 0 Å². The summed E-state index contributed by atoms with van der Waals surface area (Å²) in [4.78, 5) is 15.5. The molecule has 3 rings (SSSR count). The van der Waals surface area contributed by atoms with Crippen LogP contribution in [0.15, 0.2) is 54.9 Å². The molecule has 140 valence electrons. The van der Waals surface area contributed by atoms with Crippen molar-refractivity contribution in [1.29, 1.82) is 0 Å². The van der Waals surface area contributed by atoms with Gasteiger partial charge in [0.25, 0.3) is 0 Å². The van der Waals surface area contributed by atoms with Gasteiger partial charge in [0.05, 0.1) is 12.8 Å². The molecule has 0 fully saturated rings. The molecule has 27 heavy (non-hydrogen) atoms. The Bertz CT molecular complexity index is 869. The maximum absolute atomic E-state index is 5.29. The summed E-state index contributed by atoms with van der Waals surface area (Å²) in [6, 6.07) is 13.5. The second-order valence-corrected chi connectivity index (χ2v) is 6.29. The lowest BCUT2D eigenvalue weighted by atomic mass is 10.2. The number of rotatable bonds is 8. The van der Waals surface area contributed by atoms with Gasteiger partial charge in [-0.2, -0.15) is 4.98 Å². The van der Waals surface area contributed by atoms with E-state index in [0.29, 0.717) is 11.8 Å². The van der Waals surface area contributed by atoms with Gasteiger partial charge in [-0.05, 0) is 38.4 Å². The quantitative estimate of drug-likeness (QED) is 0.635. The maximum atomic E-state index is 5.29. The molecule has 1 aromatic carbocycles. The first kappa shape index (κ1) is 18.6. The van der Waals surface area contributed by atoms with Gasteiger partial charge in [0.2, 0.25) is 5.95 Å². The van der Waals surface area contributed by atoms with E-state index in [1.165, 1.54) is 0 Å². The van der Waals surface area contributed by atoms with Crippen LogP contribution < -0.4 is 15.4 Å². The maximum Gasteiger partial charge on any atom is 0.225 e. The molecule has 0 radical (unpaired) electrons. The molecular weight excluding hydrogens is 340 g/mol. The molecule has 0 unspecified atom stereocenters. The fourth-order valence-corrected chi connectivity index (χ4v) is 2.49. The lowest BCUT2D eigenvalue weighted by Crippen LogP contribution is -2.21. The highest BCUT2D eigenvalue weighted by Crippen LogP contribution is 2.24. The van der Waals surface area contributed by atoms with Crippen molar-refractivity contribution in [2.24, 2.45) is 0 Å². The number of nitrogens with one attached hydrogen (secondary N) is 2. The molecule has 7 nitrogen and oxygen atoms in total. The topological polar surface area (TPSA) is 75.2 Å². The van der Waals surface area contributed by atoms with Gasteiger partial charge in [-0.15, -0.1) is 0 Å². The SMILES string of the molecule is COc1cccc(Nc2cc(-c3cccnc3)nc(NCCN(C)C)n2)c1. The largest absolute Gasteiger partial charge is 0.497 e. The Morgan fingerprint density at radius 1 is 1.07 bits per heavy atom. The van der Waals surface area contributed by atoms with E-state index in [1.54, 1.807) is 19.5 Å². The summed E-state index contributed by atoms with van der Waals surface area (Å²) in [7, 11) is 5.71. The van der Waals surface area contributed by atoms with E-state index in [9.17, 15) is 0 Å². The molecule has 7 heteroatoms. The molecule has 0 spiro atoms.